The van der Waals surface area contributed by atoms with Crippen molar-refractivity contribution in [2.45, 2.75) is 26.9 Å². The fourth-order valence-electron chi connectivity index (χ4n) is 1.91. The van der Waals surface area contributed by atoms with Crippen LogP contribution in [0.2, 0.25) is 5.02 Å². The first kappa shape index (κ1) is 14.6. The van der Waals surface area contributed by atoms with Gasteiger partial charge in [0, 0.05) is 16.1 Å². The lowest BCUT2D eigenvalue weighted by atomic mass is 10.0. The quantitative estimate of drug-likeness (QED) is 0.765. The Morgan fingerprint density at radius 1 is 1.05 bits per heavy atom. The van der Waals surface area contributed by atoms with Gasteiger partial charge in [0.25, 0.3) is 0 Å². The topological polar surface area (TPSA) is 26.3 Å². The third kappa shape index (κ3) is 3.40. The maximum atomic E-state index is 12.4. The first-order valence-corrected chi connectivity index (χ1v) is 6.92. The van der Waals surface area contributed by atoms with Crippen LogP contribution in [-0.2, 0) is 0 Å². The fraction of sp³-hybridized carbons (Fsp3) is 0.235. The van der Waals surface area contributed by atoms with E-state index >= 15 is 0 Å². The highest BCUT2D eigenvalue weighted by molar-refractivity contribution is 6.31. The maximum absolute atomic E-state index is 12.4. The van der Waals surface area contributed by atoms with Crippen molar-refractivity contribution in [3.05, 3.63) is 64.2 Å². The summed E-state index contributed by atoms with van der Waals surface area (Å²) in [7, 11) is 0. The van der Waals surface area contributed by atoms with E-state index in [4.69, 9.17) is 16.3 Å². The van der Waals surface area contributed by atoms with E-state index in [-0.39, 0.29) is 11.9 Å². The zero-order valence-electron chi connectivity index (χ0n) is 11.8. The van der Waals surface area contributed by atoms with Gasteiger partial charge in [-0.3, -0.25) is 4.79 Å². The second-order valence-electron chi connectivity index (χ2n) is 4.98. The lowest BCUT2D eigenvalue weighted by molar-refractivity contribution is 0.103. The maximum Gasteiger partial charge on any atom is 0.193 e. The van der Waals surface area contributed by atoms with Crippen molar-refractivity contribution in [1.29, 1.82) is 0 Å². The fourth-order valence-corrected chi connectivity index (χ4v) is 2.03. The third-order valence-corrected chi connectivity index (χ3v) is 3.33. The van der Waals surface area contributed by atoms with Crippen LogP contribution in [0.1, 0.15) is 35.3 Å². The highest BCUT2D eigenvalue weighted by Gasteiger charge is 2.10. The van der Waals surface area contributed by atoms with E-state index in [1.54, 1.807) is 24.3 Å². The predicted molar refractivity (Wildman–Crippen MR) is 81.8 cm³/mol. The number of carbonyl (C=O) groups is 1. The summed E-state index contributed by atoms with van der Waals surface area (Å²) in [5.41, 5.74) is 2.18. The van der Waals surface area contributed by atoms with Crippen molar-refractivity contribution >= 4 is 17.4 Å². The third-order valence-electron chi connectivity index (χ3n) is 2.91. The van der Waals surface area contributed by atoms with Gasteiger partial charge >= 0.3 is 0 Å². The first-order chi connectivity index (χ1) is 9.47. The van der Waals surface area contributed by atoms with E-state index in [9.17, 15) is 4.79 Å². The smallest absolute Gasteiger partial charge is 0.193 e. The highest BCUT2D eigenvalue weighted by Crippen LogP contribution is 2.20. The molecule has 0 N–H and O–H groups in total. The Labute approximate surface area is 124 Å². The molecule has 0 radical (unpaired) electrons. The number of benzene rings is 2. The zero-order valence-corrected chi connectivity index (χ0v) is 12.6. The van der Waals surface area contributed by atoms with E-state index in [1.165, 1.54) is 0 Å². The number of carbonyl (C=O) groups excluding carboxylic acids is 1. The van der Waals surface area contributed by atoms with Crippen molar-refractivity contribution in [2.75, 3.05) is 0 Å². The zero-order chi connectivity index (χ0) is 14.7. The molecule has 0 heterocycles. The number of rotatable bonds is 4. The molecule has 0 aromatic heterocycles. The Morgan fingerprint density at radius 2 is 1.65 bits per heavy atom. The molecule has 0 aliphatic rings. The Balaban J connectivity index is 2.22. The average molecular weight is 289 g/mol. The molecule has 0 spiro atoms. The molecular weight excluding hydrogens is 272 g/mol. The molecule has 0 amide bonds. The van der Waals surface area contributed by atoms with E-state index in [1.807, 2.05) is 39.0 Å². The van der Waals surface area contributed by atoms with Crippen LogP contribution in [0, 0.1) is 6.92 Å². The minimum atomic E-state index is -0.0131. The molecule has 2 aromatic carbocycles. The average Bonchev–Trinajstić information content (AvgIpc) is 2.41. The van der Waals surface area contributed by atoms with Gasteiger partial charge in [0.1, 0.15) is 5.75 Å². The Bertz CT molecular complexity index is 615. The van der Waals surface area contributed by atoms with Crippen molar-refractivity contribution in [3.8, 4) is 5.75 Å². The number of ether oxygens (including phenoxy) is 1. The largest absolute Gasteiger partial charge is 0.491 e. The van der Waals surface area contributed by atoms with Gasteiger partial charge in [-0.1, -0.05) is 11.6 Å². The van der Waals surface area contributed by atoms with Crippen LogP contribution in [0.3, 0.4) is 0 Å². The van der Waals surface area contributed by atoms with Crippen molar-refractivity contribution in [2.24, 2.45) is 0 Å². The summed E-state index contributed by atoms with van der Waals surface area (Å²) in [6.45, 7) is 5.82. The van der Waals surface area contributed by atoms with Crippen molar-refractivity contribution in [1.82, 2.24) is 0 Å². The summed E-state index contributed by atoms with van der Waals surface area (Å²) in [5.74, 6) is 0.754. The Kier molecular flexibility index (Phi) is 4.46. The first-order valence-electron chi connectivity index (χ1n) is 6.55. The SMILES string of the molecule is Cc1cc(C(=O)c2ccc(OC(C)C)cc2)ccc1Cl. The molecule has 0 saturated carbocycles. The molecule has 0 bridgehead atoms. The molecule has 20 heavy (non-hydrogen) atoms. The minimum absolute atomic E-state index is 0.0131. The predicted octanol–water partition coefficient (Wildman–Crippen LogP) is 4.67. The number of hydrogen-bond acceptors (Lipinski definition) is 2. The summed E-state index contributed by atoms with van der Waals surface area (Å²) < 4.78 is 5.56. The number of ketones is 1. The molecule has 0 fully saturated rings. The normalized spacial score (nSPS) is 10.7. The molecule has 2 nitrogen and oxygen atoms in total. The highest BCUT2D eigenvalue weighted by atomic mass is 35.5. The molecule has 0 aliphatic heterocycles. The standard InChI is InChI=1S/C17H17ClO2/c1-11(2)20-15-7-4-13(5-8-15)17(19)14-6-9-16(18)12(3)10-14/h4-11H,1-3H3. The molecular formula is C17H17ClO2. The molecule has 0 atom stereocenters. The van der Waals surface area contributed by atoms with Crippen LogP contribution in [0.25, 0.3) is 0 Å². The molecule has 0 aliphatic carbocycles. The van der Waals surface area contributed by atoms with Gasteiger partial charge in [0.15, 0.2) is 5.78 Å². The van der Waals surface area contributed by atoms with Crippen LogP contribution < -0.4 is 4.74 Å². The second kappa shape index (κ2) is 6.10. The van der Waals surface area contributed by atoms with Gasteiger partial charge in [-0.15, -0.1) is 0 Å². The van der Waals surface area contributed by atoms with Gasteiger partial charge in [-0.05, 0) is 68.8 Å². The summed E-state index contributed by atoms with van der Waals surface area (Å²) in [5, 5.41) is 0.669. The number of hydrogen-bond donors (Lipinski definition) is 0. The molecule has 104 valence electrons. The molecule has 2 rings (SSSR count). The van der Waals surface area contributed by atoms with Gasteiger partial charge in [-0.25, -0.2) is 0 Å². The summed E-state index contributed by atoms with van der Waals surface area (Å²) in [4.78, 5) is 12.4. The van der Waals surface area contributed by atoms with Gasteiger partial charge in [-0.2, -0.15) is 0 Å². The second-order valence-corrected chi connectivity index (χ2v) is 5.39. The summed E-state index contributed by atoms with van der Waals surface area (Å²) in [6, 6.07) is 12.5. The van der Waals surface area contributed by atoms with Gasteiger partial charge < -0.3 is 4.74 Å². The molecule has 2 aromatic rings. The van der Waals surface area contributed by atoms with Crippen LogP contribution >= 0.6 is 11.6 Å². The monoisotopic (exact) mass is 288 g/mol. The van der Waals surface area contributed by atoms with E-state index in [0.717, 1.165) is 11.3 Å². The minimum Gasteiger partial charge on any atom is -0.491 e. The molecule has 0 saturated heterocycles. The molecule has 3 heteroatoms. The van der Waals surface area contributed by atoms with E-state index in [2.05, 4.69) is 0 Å². The van der Waals surface area contributed by atoms with Crippen LogP contribution in [0.5, 0.6) is 5.75 Å². The van der Waals surface area contributed by atoms with Crippen LogP contribution in [0.15, 0.2) is 42.5 Å². The summed E-state index contributed by atoms with van der Waals surface area (Å²) >= 11 is 5.97. The van der Waals surface area contributed by atoms with Crippen LogP contribution in [0.4, 0.5) is 0 Å². The molecule has 0 unspecified atom stereocenters. The Hall–Kier alpha value is -1.80. The summed E-state index contributed by atoms with van der Waals surface area (Å²) in [6.07, 6.45) is 0.121. The van der Waals surface area contributed by atoms with E-state index in [0.29, 0.717) is 16.1 Å². The van der Waals surface area contributed by atoms with E-state index < -0.39 is 0 Å². The van der Waals surface area contributed by atoms with Gasteiger partial charge in [0.2, 0.25) is 0 Å². The lowest BCUT2D eigenvalue weighted by Crippen LogP contribution is -2.06. The van der Waals surface area contributed by atoms with Crippen molar-refractivity contribution < 1.29 is 9.53 Å². The number of halogens is 1. The van der Waals surface area contributed by atoms with Crippen LogP contribution in [-0.4, -0.2) is 11.9 Å². The number of aryl methyl sites for hydroxylation is 1. The van der Waals surface area contributed by atoms with Gasteiger partial charge in [0.05, 0.1) is 6.10 Å². The lowest BCUT2D eigenvalue weighted by Gasteiger charge is -2.10. The Morgan fingerprint density at radius 3 is 2.20 bits per heavy atom. The van der Waals surface area contributed by atoms with Crippen molar-refractivity contribution in [3.63, 3.8) is 0 Å².